The average Bonchev–Trinajstić information content (AvgIpc) is 2.37. The van der Waals surface area contributed by atoms with Gasteiger partial charge in [-0.25, -0.2) is 8.78 Å². The summed E-state index contributed by atoms with van der Waals surface area (Å²) >= 11 is 1.34. The Hall–Kier alpha value is -1.14. The summed E-state index contributed by atoms with van der Waals surface area (Å²) < 4.78 is 25.7. The zero-order valence-electron chi connectivity index (χ0n) is 11.0. The molecule has 0 radical (unpaired) electrons. The van der Waals surface area contributed by atoms with Crippen LogP contribution < -0.4 is 11.1 Å². The molecule has 0 aliphatic rings. The third-order valence-electron chi connectivity index (χ3n) is 2.55. The van der Waals surface area contributed by atoms with E-state index < -0.39 is 24.9 Å². The standard InChI is InChI=1S/C13H18F2N2OS/c1-9-3-4-10(2)11(5-9)19-6-12(18)17-8-13(14,15)7-16/h3-5H,6-8,16H2,1-2H3,(H,17,18). The molecule has 3 nitrogen and oxygen atoms in total. The Morgan fingerprint density at radius 3 is 2.74 bits per heavy atom. The predicted molar refractivity (Wildman–Crippen MR) is 73.7 cm³/mol. The number of hydrogen-bond acceptors (Lipinski definition) is 3. The van der Waals surface area contributed by atoms with E-state index in [1.807, 2.05) is 32.0 Å². The lowest BCUT2D eigenvalue weighted by Crippen LogP contribution is -2.42. The molecule has 106 valence electrons. The van der Waals surface area contributed by atoms with Gasteiger partial charge >= 0.3 is 0 Å². The Morgan fingerprint density at radius 1 is 1.42 bits per heavy atom. The summed E-state index contributed by atoms with van der Waals surface area (Å²) in [5.74, 6) is -3.34. The van der Waals surface area contributed by atoms with Gasteiger partial charge in [-0.1, -0.05) is 17.7 Å². The Morgan fingerprint density at radius 2 is 2.11 bits per heavy atom. The Bertz CT molecular complexity index is 452. The number of amides is 1. The molecule has 0 aliphatic heterocycles. The molecule has 0 heterocycles. The molecule has 19 heavy (non-hydrogen) atoms. The zero-order valence-corrected chi connectivity index (χ0v) is 11.8. The largest absolute Gasteiger partial charge is 0.349 e. The first-order valence-corrected chi connectivity index (χ1v) is 6.87. The van der Waals surface area contributed by atoms with Gasteiger partial charge in [0.15, 0.2) is 0 Å². The normalized spacial score (nSPS) is 11.4. The van der Waals surface area contributed by atoms with Crippen molar-refractivity contribution in [2.75, 3.05) is 18.8 Å². The van der Waals surface area contributed by atoms with Crippen LogP contribution in [0.3, 0.4) is 0 Å². The minimum absolute atomic E-state index is 0.116. The number of alkyl halides is 2. The number of carbonyl (C=O) groups excluding carboxylic acids is 1. The minimum atomic E-state index is -3.04. The first-order chi connectivity index (χ1) is 8.84. The molecule has 0 saturated heterocycles. The van der Waals surface area contributed by atoms with Gasteiger partial charge in [0.1, 0.15) is 0 Å². The number of hydrogen-bond donors (Lipinski definition) is 2. The van der Waals surface area contributed by atoms with Gasteiger partial charge < -0.3 is 11.1 Å². The maximum Gasteiger partial charge on any atom is 0.277 e. The van der Waals surface area contributed by atoms with Crippen LogP contribution in [0.4, 0.5) is 8.78 Å². The summed E-state index contributed by atoms with van der Waals surface area (Å²) in [4.78, 5) is 12.5. The van der Waals surface area contributed by atoms with E-state index in [1.165, 1.54) is 11.8 Å². The Balaban J connectivity index is 2.44. The van der Waals surface area contributed by atoms with Crippen LogP contribution in [-0.2, 0) is 4.79 Å². The molecule has 1 aromatic carbocycles. The quantitative estimate of drug-likeness (QED) is 0.788. The topological polar surface area (TPSA) is 55.1 Å². The summed E-state index contributed by atoms with van der Waals surface area (Å²) in [6, 6.07) is 5.93. The maximum atomic E-state index is 12.8. The molecular weight excluding hydrogens is 270 g/mol. The van der Waals surface area contributed by atoms with Crippen molar-refractivity contribution in [3.63, 3.8) is 0 Å². The van der Waals surface area contributed by atoms with Gasteiger partial charge in [0.05, 0.1) is 18.8 Å². The lowest BCUT2D eigenvalue weighted by Gasteiger charge is -2.14. The van der Waals surface area contributed by atoms with Crippen molar-refractivity contribution < 1.29 is 13.6 Å². The molecule has 0 atom stereocenters. The molecule has 0 saturated carbocycles. The van der Waals surface area contributed by atoms with Crippen molar-refractivity contribution in [2.24, 2.45) is 5.73 Å². The molecule has 0 aliphatic carbocycles. The van der Waals surface area contributed by atoms with Gasteiger partial charge in [-0.15, -0.1) is 11.8 Å². The molecular formula is C13H18F2N2OS. The first kappa shape index (κ1) is 15.9. The highest BCUT2D eigenvalue weighted by molar-refractivity contribution is 8.00. The average molecular weight is 288 g/mol. The van der Waals surface area contributed by atoms with Crippen LogP contribution in [-0.4, -0.2) is 30.7 Å². The van der Waals surface area contributed by atoms with Crippen molar-refractivity contribution in [3.05, 3.63) is 29.3 Å². The van der Waals surface area contributed by atoms with Crippen molar-refractivity contribution in [3.8, 4) is 0 Å². The summed E-state index contributed by atoms with van der Waals surface area (Å²) in [7, 11) is 0. The molecule has 0 spiro atoms. The van der Waals surface area contributed by atoms with Gasteiger partial charge in [0, 0.05) is 4.90 Å². The Kier molecular flexibility index (Phi) is 5.75. The van der Waals surface area contributed by atoms with Crippen molar-refractivity contribution in [2.45, 2.75) is 24.7 Å². The monoisotopic (exact) mass is 288 g/mol. The number of nitrogens with two attached hydrogens (primary N) is 1. The summed E-state index contributed by atoms with van der Waals surface area (Å²) in [5.41, 5.74) is 7.05. The van der Waals surface area contributed by atoms with E-state index in [0.717, 1.165) is 16.0 Å². The second-order valence-electron chi connectivity index (χ2n) is 4.39. The smallest absolute Gasteiger partial charge is 0.277 e. The lowest BCUT2D eigenvalue weighted by molar-refractivity contribution is -0.120. The molecule has 1 rings (SSSR count). The van der Waals surface area contributed by atoms with Gasteiger partial charge in [-0.2, -0.15) is 0 Å². The fraction of sp³-hybridized carbons (Fsp3) is 0.462. The van der Waals surface area contributed by atoms with Crippen LogP contribution in [0.2, 0.25) is 0 Å². The highest BCUT2D eigenvalue weighted by atomic mass is 32.2. The summed E-state index contributed by atoms with van der Waals surface area (Å²) in [6.07, 6.45) is 0. The molecule has 3 N–H and O–H groups in total. The maximum absolute atomic E-state index is 12.8. The van der Waals surface area contributed by atoms with E-state index in [-0.39, 0.29) is 5.75 Å². The molecule has 0 aromatic heterocycles. The minimum Gasteiger partial charge on any atom is -0.349 e. The predicted octanol–water partition coefficient (Wildman–Crippen LogP) is 2.11. The van der Waals surface area contributed by atoms with E-state index in [9.17, 15) is 13.6 Å². The van der Waals surface area contributed by atoms with Gasteiger partial charge in [0.2, 0.25) is 5.91 Å². The lowest BCUT2D eigenvalue weighted by atomic mass is 10.2. The van der Waals surface area contributed by atoms with E-state index in [4.69, 9.17) is 5.73 Å². The van der Waals surface area contributed by atoms with Crippen LogP contribution in [0.25, 0.3) is 0 Å². The van der Waals surface area contributed by atoms with E-state index >= 15 is 0 Å². The third-order valence-corrected chi connectivity index (χ3v) is 3.70. The first-order valence-electron chi connectivity index (χ1n) is 5.89. The molecule has 1 aromatic rings. The fourth-order valence-electron chi connectivity index (χ4n) is 1.36. The third kappa shape index (κ3) is 5.57. The highest BCUT2D eigenvalue weighted by Gasteiger charge is 2.27. The van der Waals surface area contributed by atoms with Gasteiger partial charge in [-0.05, 0) is 25.5 Å². The van der Waals surface area contributed by atoms with E-state index in [0.29, 0.717) is 0 Å². The summed E-state index contributed by atoms with van der Waals surface area (Å²) in [5, 5.41) is 2.19. The van der Waals surface area contributed by atoms with Crippen LogP contribution >= 0.6 is 11.8 Å². The van der Waals surface area contributed by atoms with Crippen molar-refractivity contribution in [1.82, 2.24) is 5.32 Å². The molecule has 0 fully saturated rings. The molecule has 1 amide bonds. The molecule has 6 heteroatoms. The van der Waals surface area contributed by atoms with Gasteiger partial charge in [0.25, 0.3) is 5.92 Å². The van der Waals surface area contributed by atoms with Crippen LogP contribution in [0.5, 0.6) is 0 Å². The number of halogens is 2. The van der Waals surface area contributed by atoms with E-state index in [1.54, 1.807) is 0 Å². The van der Waals surface area contributed by atoms with Gasteiger partial charge in [-0.3, -0.25) is 4.79 Å². The fourth-order valence-corrected chi connectivity index (χ4v) is 2.31. The van der Waals surface area contributed by atoms with E-state index in [2.05, 4.69) is 5.32 Å². The second kappa shape index (κ2) is 6.86. The summed E-state index contributed by atoms with van der Waals surface area (Å²) in [6.45, 7) is 2.43. The van der Waals surface area contributed by atoms with Crippen LogP contribution in [0.1, 0.15) is 11.1 Å². The number of aryl methyl sites for hydroxylation is 2. The molecule has 0 bridgehead atoms. The highest BCUT2D eigenvalue weighted by Crippen LogP contribution is 2.23. The van der Waals surface area contributed by atoms with Crippen LogP contribution in [0, 0.1) is 13.8 Å². The van der Waals surface area contributed by atoms with Crippen LogP contribution in [0.15, 0.2) is 23.1 Å². The SMILES string of the molecule is Cc1ccc(C)c(SCC(=O)NCC(F)(F)CN)c1. The van der Waals surface area contributed by atoms with Crippen molar-refractivity contribution >= 4 is 17.7 Å². The van der Waals surface area contributed by atoms with Crippen molar-refractivity contribution in [1.29, 1.82) is 0 Å². The second-order valence-corrected chi connectivity index (χ2v) is 5.41. The zero-order chi connectivity index (χ0) is 14.5. The number of thioether (sulfide) groups is 1. The number of rotatable bonds is 6. The molecule has 0 unspecified atom stereocenters. The number of benzene rings is 1. The Labute approximate surface area is 115 Å². The number of carbonyl (C=O) groups is 1. The number of nitrogens with one attached hydrogen (secondary N) is 1.